The zero-order chi connectivity index (χ0) is 11.7. The van der Waals surface area contributed by atoms with E-state index in [0.717, 1.165) is 19.5 Å². The number of hydrogen-bond acceptors (Lipinski definition) is 3. The Morgan fingerprint density at radius 3 is 2.88 bits per heavy atom. The lowest BCUT2D eigenvalue weighted by molar-refractivity contribution is -0.134. The van der Waals surface area contributed by atoms with Gasteiger partial charge in [0.2, 0.25) is 5.91 Å². The molecular formula is C12H19ClN2OS. The number of carbonyl (C=O) groups is 1. The van der Waals surface area contributed by atoms with Crippen LogP contribution in [-0.4, -0.2) is 23.4 Å². The summed E-state index contributed by atoms with van der Waals surface area (Å²) in [6, 6.07) is 1.75. The number of nitrogens with zero attached hydrogens (tertiary/aromatic N) is 1. The molecule has 1 aliphatic heterocycles. The third kappa shape index (κ3) is 3.00. The van der Waals surface area contributed by atoms with Crippen molar-refractivity contribution in [2.45, 2.75) is 32.9 Å². The number of carbonyl (C=O) groups excluding carboxylic acids is 1. The summed E-state index contributed by atoms with van der Waals surface area (Å²) in [6.45, 7) is 5.52. The lowest BCUT2D eigenvalue weighted by atomic mass is 10.0. The smallest absolute Gasteiger partial charge is 0.240 e. The summed E-state index contributed by atoms with van der Waals surface area (Å²) in [5, 5.41) is 2.10. The SMILES string of the molecule is CC(C)C(N)C(=O)N1CCc2sccc2C1.Cl. The van der Waals surface area contributed by atoms with Crippen molar-refractivity contribution in [1.29, 1.82) is 0 Å². The van der Waals surface area contributed by atoms with Crippen molar-refractivity contribution in [1.82, 2.24) is 4.90 Å². The van der Waals surface area contributed by atoms with E-state index >= 15 is 0 Å². The van der Waals surface area contributed by atoms with Gasteiger partial charge in [0.25, 0.3) is 0 Å². The van der Waals surface area contributed by atoms with E-state index in [1.54, 1.807) is 11.3 Å². The first kappa shape index (κ1) is 14.5. The first-order valence-electron chi connectivity index (χ1n) is 5.69. The molecule has 0 radical (unpaired) electrons. The van der Waals surface area contributed by atoms with Crippen LogP contribution < -0.4 is 5.73 Å². The highest BCUT2D eigenvalue weighted by Crippen LogP contribution is 2.24. The summed E-state index contributed by atoms with van der Waals surface area (Å²) < 4.78 is 0. The van der Waals surface area contributed by atoms with Gasteiger partial charge in [-0.05, 0) is 29.3 Å². The van der Waals surface area contributed by atoms with E-state index in [4.69, 9.17) is 5.73 Å². The van der Waals surface area contributed by atoms with Crippen LogP contribution >= 0.6 is 23.7 Å². The second-order valence-electron chi connectivity index (χ2n) is 4.65. The largest absolute Gasteiger partial charge is 0.337 e. The Kier molecular flexibility index (Phi) is 4.98. The van der Waals surface area contributed by atoms with Crippen LogP contribution in [0.15, 0.2) is 11.4 Å². The van der Waals surface area contributed by atoms with Crippen LogP contribution in [0, 0.1) is 5.92 Å². The van der Waals surface area contributed by atoms with Crippen LogP contribution in [0.4, 0.5) is 0 Å². The van der Waals surface area contributed by atoms with Gasteiger partial charge >= 0.3 is 0 Å². The molecule has 1 amide bonds. The van der Waals surface area contributed by atoms with E-state index in [0.29, 0.717) is 0 Å². The molecule has 0 aromatic carbocycles. The van der Waals surface area contributed by atoms with E-state index in [2.05, 4.69) is 11.4 Å². The number of amides is 1. The van der Waals surface area contributed by atoms with Crippen molar-refractivity contribution in [3.8, 4) is 0 Å². The van der Waals surface area contributed by atoms with Crippen LogP contribution in [0.3, 0.4) is 0 Å². The third-order valence-electron chi connectivity index (χ3n) is 3.12. The predicted octanol–water partition coefficient (Wildman–Crippen LogP) is 2.04. The molecule has 0 aliphatic carbocycles. The van der Waals surface area contributed by atoms with Gasteiger partial charge in [-0.2, -0.15) is 0 Å². The zero-order valence-corrected chi connectivity index (χ0v) is 11.8. The van der Waals surface area contributed by atoms with Gasteiger partial charge in [0.05, 0.1) is 6.04 Å². The summed E-state index contributed by atoms with van der Waals surface area (Å²) in [4.78, 5) is 15.4. The fraction of sp³-hybridized carbons (Fsp3) is 0.583. The normalized spacial score (nSPS) is 16.4. The van der Waals surface area contributed by atoms with Gasteiger partial charge in [0.1, 0.15) is 0 Å². The minimum atomic E-state index is -0.361. The minimum absolute atomic E-state index is 0. The van der Waals surface area contributed by atoms with Gasteiger partial charge < -0.3 is 10.6 Å². The van der Waals surface area contributed by atoms with Gasteiger partial charge in [-0.15, -0.1) is 23.7 Å². The Hall–Kier alpha value is -0.580. The summed E-state index contributed by atoms with van der Waals surface area (Å²) in [6.07, 6.45) is 0.976. The fourth-order valence-electron chi connectivity index (χ4n) is 1.93. The Labute approximate surface area is 112 Å². The monoisotopic (exact) mass is 274 g/mol. The van der Waals surface area contributed by atoms with E-state index in [-0.39, 0.29) is 30.3 Å². The molecule has 0 fully saturated rings. The van der Waals surface area contributed by atoms with Gasteiger partial charge in [0.15, 0.2) is 0 Å². The molecule has 2 N–H and O–H groups in total. The maximum absolute atomic E-state index is 12.1. The Morgan fingerprint density at radius 1 is 1.53 bits per heavy atom. The van der Waals surface area contributed by atoms with Crippen molar-refractivity contribution in [3.05, 3.63) is 21.9 Å². The highest BCUT2D eigenvalue weighted by Gasteiger charge is 2.26. The molecule has 96 valence electrons. The van der Waals surface area contributed by atoms with Crippen molar-refractivity contribution in [2.75, 3.05) is 6.54 Å². The molecule has 2 rings (SSSR count). The molecule has 0 bridgehead atoms. The number of nitrogens with two attached hydrogens (primary N) is 1. The molecule has 0 saturated heterocycles. The van der Waals surface area contributed by atoms with Crippen LogP contribution in [0.1, 0.15) is 24.3 Å². The third-order valence-corrected chi connectivity index (χ3v) is 4.15. The molecule has 0 spiro atoms. The quantitative estimate of drug-likeness (QED) is 0.897. The summed E-state index contributed by atoms with van der Waals surface area (Å²) >= 11 is 1.78. The zero-order valence-electron chi connectivity index (χ0n) is 10.2. The molecule has 0 saturated carbocycles. The van der Waals surface area contributed by atoms with Crippen molar-refractivity contribution in [3.63, 3.8) is 0 Å². The highest BCUT2D eigenvalue weighted by atomic mass is 35.5. The van der Waals surface area contributed by atoms with E-state index in [9.17, 15) is 4.79 Å². The molecule has 1 aromatic rings. The maximum atomic E-state index is 12.1. The topological polar surface area (TPSA) is 46.3 Å². The van der Waals surface area contributed by atoms with Gasteiger partial charge in [-0.1, -0.05) is 13.8 Å². The molecule has 17 heavy (non-hydrogen) atoms. The van der Waals surface area contributed by atoms with E-state index in [1.165, 1.54) is 10.4 Å². The molecule has 1 aliphatic rings. The van der Waals surface area contributed by atoms with Gasteiger partial charge in [-0.25, -0.2) is 0 Å². The molecule has 5 heteroatoms. The number of rotatable bonds is 2. The number of halogens is 1. The number of hydrogen-bond donors (Lipinski definition) is 1. The molecule has 3 nitrogen and oxygen atoms in total. The first-order chi connectivity index (χ1) is 7.59. The molecule has 1 unspecified atom stereocenters. The highest BCUT2D eigenvalue weighted by molar-refractivity contribution is 7.10. The molecule has 2 heterocycles. The van der Waals surface area contributed by atoms with Gasteiger partial charge in [-0.3, -0.25) is 4.79 Å². The molecule has 1 atom stereocenters. The van der Waals surface area contributed by atoms with Crippen LogP contribution in [0.2, 0.25) is 0 Å². The van der Waals surface area contributed by atoms with Gasteiger partial charge in [0, 0.05) is 18.0 Å². The molecular weight excluding hydrogens is 256 g/mol. The summed E-state index contributed by atoms with van der Waals surface area (Å²) in [5.41, 5.74) is 7.19. The lowest BCUT2D eigenvalue weighted by Crippen LogP contribution is -2.47. The lowest BCUT2D eigenvalue weighted by Gasteiger charge is -2.30. The average Bonchev–Trinajstić information content (AvgIpc) is 2.73. The van der Waals surface area contributed by atoms with E-state index < -0.39 is 0 Å². The summed E-state index contributed by atoms with van der Waals surface area (Å²) in [5.74, 6) is 0.295. The second-order valence-corrected chi connectivity index (χ2v) is 5.65. The van der Waals surface area contributed by atoms with Crippen molar-refractivity contribution in [2.24, 2.45) is 11.7 Å². The van der Waals surface area contributed by atoms with Crippen molar-refractivity contribution < 1.29 is 4.79 Å². The molecule has 1 aromatic heterocycles. The Bertz CT molecular complexity index is 392. The summed E-state index contributed by atoms with van der Waals surface area (Å²) in [7, 11) is 0. The maximum Gasteiger partial charge on any atom is 0.240 e. The standard InChI is InChI=1S/C12H18N2OS.ClH/c1-8(2)11(13)12(15)14-5-3-10-9(7-14)4-6-16-10;/h4,6,8,11H,3,5,7,13H2,1-2H3;1H. The second kappa shape index (κ2) is 5.85. The number of fused-ring (bicyclic) bond motifs is 1. The Morgan fingerprint density at radius 2 is 2.24 bits per heavy atom. The predicted molar refractivity (Wildman–Crippen MR) is 73.5 cm³/mol. The minimum Gasteiger partial charge on any atom is -0.337 e. The average molecular weight is 275 g/mol. The van der Waals surface area contributed by atoms with Crippen molar-refractivity contribution >= 4 is 29.7 Å². The van der Waals surface area contributed by atoms with Crippen LogP contribution in [0.25, 0.3) is 0 Å². The van der Waals surface area contributed by atoms with Crippen LogP contribution in [-0.2, 0) is 17.8 Å². The Balaban J connectivity index is 0.00000144. The van der Waals surface area contributed by atoms with E-state index in [1.807, 2.05) is 18.7 Å². The van der Waals surface area contributed by atoms with Crippen LogP contribution in [0.5, 0.6) is 0 Å². The first-order valence-corrected chi connectivity index (χ1v) is 6.57. The number of thiophene rings is 1. The fourth-order valence-corrected chi connectivity index (χ4v) is 2.82.